The van der Waals surface area contributed by atoms with Crippen molar-refractivity contribution in [1.29, 1.82) is 0 Å². The topological polar surface area (TPSA) is 121 Å². The summed E-state index contributed by atoms with van der Waals surface area (Å²) < 4.78 is 41.8. The molecule has 1 aliphatic carbocycles. The Bertz CT molecular complexity index is 1540. The molecule has 41 heavy (non-hydrogen) atoms. The molecule has 212 valence electrons. The standard InChI is InChI=1S/C29H27F3N6O3/c30-29(31,32)25-15-24(38(37-25)22-8-3-5-19(13-22)17-35-28(40)41)27(39)36-21-7-4-6-20(14-21)26(34-16-18-10-11-18)23-9-1-2-12-33-23/h1-9,12-15,18,26,34-35H,10-11,16-17H2,(H,36,39)(H,40,41). The number of hydrogen-bond donors (Lipinski definition) is 4. The van der Waals surface area contributed by atoms with E-state index >= 15 is 0 Å². The van der Waals surface area contributed by atoms with Crippen LogP contribution in [0.5, 0.6) is 0 Å². The van der Waals surface area contributed by atoms with Crippen molar-refractivity contribution in [2.24, 2.45) is 5.92 Å². The Kier molecular flexibility index (Phi) is 8.02. The molecule has 4 aromatic rings. The molecule has 0 aliphatic heterocycles. The van der Waals surface area contributed by atoms with Gasteiger partial charge in [0.2, 0.25) is 0 Å². The summed E-state index contributed by atoms with van der Waals surface area (Å²) in [5.41, 5.74) is 1.12. The van der Waals surface area contributed by atoms with E-state index in [1.165, 1.54) is 25.0 Å². The maximum atomic E-state index is 13.6. The molecule has 0 radical (unpaired) electrons. The van der Waals surface area contributed by atoms with Crippen LogP contribution in [0.2, 0.25) is 0 Å². The summed E-state index contributed by atoms with van der Waals surface area (Å²) in [6.07, 6.45) is -1.98. The summed E-state index contributed by atoms with van der Waals surface area (Å²) in [6, 6.07) is 19.3. The molecular weight excluding hydrogens is 537 g/mol. The first kappa shape index (κ1) is 27.8. The zero-order valence-electron chi connectivity index (χ0n) is 21.7. The molecule has 2 aromatic heterocycles. The van der Waals surface area contributed by atoms with Gasteiger partial charge in [-0.15, -0.1) is 0 Å². The Morgan fingerprint density at radius 2 is 1.83 bits per heavy atom. The lowest BCUT2D eigenvalue weighted by Crippen LogP contribution is -2.25. The predicted molar refractivity (Wildman–Crippen MR) is 145 cm³/mol. The van der Waals surface area contributed by atoms with Gasteiger partial charge in [-0.2, -0.15) is 18.3 Å². The first-order valence-electron chi connectivity index (χ1n) is 13.0. The second kappa shape index (κ2) is 11.8. The van der Waals surface area contributed by atoms with Crippen LogP contribution in [0.3, 0.4) is 0 Å². The molecule has 2 aromatic carbocycles. The van der Waals surface area contributed by atoms with Crippen molar-refractivity contribution in [3.05, 3.63) is 107 Å². The fourth-order valence-electron chi connectivity index (χ4n) is 4.39. The van der Waals surface area contributed by atoms with Crippen molar-refractivity contribution in [1.82, 2.24) is 25.4 Å². The number of hydrogen-bond acceptors (Lipinski definition) is 5. The summed E-state index contributed by atoms with van der Waals surface area (Å²) in [5, 5.41) is 21.0. The minimum Gasteiger partial charge on any atom is -0.465 e. The Hall–Kier alpha value is -4.71. The molecule has 2 heterocycles. The van der Waals surface area contributed by atoms with Crippen LogP contribution >= 0.6 is 0 Å². The third kappa shape index (κ3) is 7.09. The molecule has 12 heteroatoms. The van der Waals surface area contributed by atoms with Gasteiger partial charge in [0.05, 0.1) is 17.4 Å². The zero-order chi connectivity index (χ0) is 29.0. The molecule has 1 unspecified atom stereocenters. The van der Waals surface area contributed by atoms with Gasteiger partial charge >= 0.3 is 12.3 Å². The Morgan fingerprint density at radius 1 is 1.02 bits per heavy atom. The molecule has 0 saturated heterocycles. The average molecular weight is 565 g/mol. The molecule has 0 spiro atoms. The van der Waals surface area contributed by atoms with Gasteiger partial charge in [0.25, 0.3) is 5.91 Å². The number of nitrogens with zero attached hydrogens (tertiary/aromatic N) is 3. The highest BCUT2D eigenvalue weighted by Gasteiger charge is 2.36. The highest BCUT2D eigenvalue weighted by atomic mass is 19.4. The van der Waals surface area contributed by atoms with Crippen LogP contribution in [-0.2, 0) is 12.7 Å². The fourth-order valence-corrected chi connectivity index (χ4v) is 4.39. The monoisotopic (exact) mass is 564 g/mol. The Balaban J connectivity index is 1.43. The summed E-state index contributed by atoms with van der Waals surface area (Å²) in [4.78, 5) is 28.7. The molecule has 1 atom stereocenters. The number of carboxylic acid groups (broad SMARTS) is 1. The van der Waals surface area contributed by atoms with Crippen molar-refractivity contribution in [3.8, 4) is 5.69 Å². The van der Waals surface area contributed by atoms with E-state index in [0.717, 1.165) is 22.5 Å². The minimum atomic E-state index is -4.79. The predicted octanol–water partition coefficient (Wildman–Crippen LogP) is 5.40. The van der Waals surface area contributed by atoms with Crippen molar-refractivity contribution in [2.75, 3.05) is 11.9 Å². The molecule has 9 nitrogen and oxygen atoms in total. The first-order valence-corrected chi connectivity index (χ1v) is 13.0. The van der Waals surface area contributed by atoms with E-state index in [1.807, 2.05) is 24.3 Å². The van der Waals surface area contributed by atoms with Gasteiger partial charge < -0.3 is 21.1 Å². The molecule has 5 rings (SSSR count). The van der Waals surface area contributed by atoms with Gasteiger partial charge in [-0.3, -0.25) is 9.78 Å². The lowest BCUT2D eigenvalue weighted by atomic mass is 10.0. The summed E-state index contributed by atoms with van der Waals surface area (Å²) in [5.74, 6) is -0.176. The van der Waals surface area contributed by atoms with E-state index in [4.69, 9.17) is 5.11 Å². The summed E-state index contributed by atoms with van der Waals surface area (Å²) in [6.45, 7) is 0.745. The molecule has 1 saturated carbocycles. The van der Waals surface area contributed by atoms with E-state index in [2.05, 4.69) is 26.0 Å². The lowest BCUT2D eigenvalue weighted by Gasteiger charge is -2.20. The number of alkyl halides is 3. The van der Waals surface area contributed by atoms with Gasteiger partial charge in [-0.05, 0) is 72.8 Å². The van der Waals surface area contributed by atoms with E-state index in [-0.39, 0.29) is 24.0 Å². The van der Waals surface area contributed by atoms with Crippen LogP contribution in [0, 0.1) is 5.92 Å². The molecule has 4 N–H and O–H groups in total. The van der Waals surface area contributed by atoms with Crippen LogP contribution in [0.1, 0.15) is 51.9 Å². The summed E-state index contributed by atoms with van der Waals surface area (Å²) in [7, 11) is 0. The minimum absolute atomic E-state index is 0.0723. The number of aromatic nitrogens is 3. The smallest absolute Gasteiger partial charge is 0.435 e. The number of benzene rings is 2. The Morgan fingerprint density at radius 3 is 2.54 bits per heavy atom. The molecule has 2 amide bonds. The average Bonchev–Trinajstić information content (AvgIpc) is 3.66. The SMILES string of the molecule is O=C(O)NCc1cccc(-n2nc(C(F)(F)F)cc2C(=O)Nc2cccc(C(NCC3CC3)c3ccccn3)c2)c1. The third-order valence-electron chi connectivity index (χ3n) is 6.60. The number of carbonyl (C=O) groups is 2. The number of anilines is 1. The third-order valence-corrected chi connectivity index (χ3v) is 6.60. The second-order valence-electron chi connectivity index (χ2n) is 9.77. The van der Waals surface area contributed by atoms with Gasteiger partial charge in [-0.25, -0.2) is 9.48 Å². The maximum absolute atomic E-state index is 13.6. The number of amides is 2. The Labute approximate surface area is 233 Å². The van der Waals surface area contributed by atoms with Crippen molar-refractivity contribution in [2.45, 2.75) is 31.6 Å². The number of carbonyl (C=O) groups excluding carboxylic acids is 1. The van der Waals surface area contributed by atoms with Gasteiger partial charge in [0.15, 0.2) is 5.69 Å². The lowest BCUT2D eigenvalue weighted by molar-refractivity contribution is -0.141. The zero-order valence-corrected chi connectivity index (χ0v) is 21.7. The van der Waals surface area contributed by atoms with Crippen LogP contribution in [-0.4, -0.2) is 38.4 Å². The van der Waals surface area contributed by atoms with Crippen molar-refractivity contribution >= 4 is 17.7 Å². The van der Waals surface area contributed by atoms with Crippen molar-refractivity contribution in [3.63, 3.8) is 0 Å². The largest absolute Gasteiger partial charge is 0.465 e. The van der Waals surface area contributed by atoms with Gasteiger partial charge in [0, 0.05) is 24.5 Å². The van der Waals surface area contributed by atoms with E-state index in [1.54, 1.807) is 36.5 Å². The number of rotatable bonds is 10. The van der Waals surface area contributed by atoms with Crippen LogP contribution in [0.15, 0.2) is 79.0 Å². The number of pyridine rings is 1. The molecule has 1 fully saturated rings. The number of nitrogens with one attached hydrogen (secondary N) is 3. The second-order valence-corrected chi connectivity index (χ2v) is 9.77. The van der Waals surface area contributed by atoms with Gasteiger partial charge in [-0.1, -0.05) is 30.3 Å². The highest BCUT2D eigenvalue weighted by Crippen LogP contribution is 2.32. The van der Waals surface area contributed by atoms with E-state index in [9.17, 15) is 22.8 Å². The quantitative estimate of drug-likeness (QED) is 0.205. The number of halogens is 3. The van der Waals surface area contributed by atoms with Crippen LogP contribution in [0.4, 0.5) is 23.7 Å². The first-order chi connectivity index (χ1) is 19.7. The fraction of sp³-hybridized carbons (Fsp3) is 0.241. The normalized spacial score (nSPS) is 13.9. The molecule has 0 bridgehead atoms. The molecular formula is C29H27F3N6O3. The van der Waals surface area contributed by atoms with Crippen LogP contribution < -0.4 is 16.0 Å². The van der Waals surface area contributed by atoms with Crippen molar-refractivity contribution < 1.29 is 27.9 Å². The molecule has 1 aliphatic rings. The summed E-state index contributed by atoms with van der Waals surface area (Å²) >= 11 is 0. The maximum Gasteiger partial charge on any atom is 0.435 e. The van der Waals surface area contributed by atoms with Crippen LogP contribution in [0.25, 0.3) is 5.69 Å². The van der Waals surface area contributed by atoms with E-state index in [0.29, 0.717) is 23.2 Å². The van der Waals surface area contributed by atoms with Gasteiger partial charge in [0.1, 0.15) is 5.69 Å². The highest BCUT2D eigenvalue weighted by molar-refractivity contribution is 6.03. The van der Waals surface area contributed by atoms with E-state index < -0.39 is 23.9 Å².